The number of halogens is 2. The molecule has 6 nitrogen and oxygen atoms in total. The number of nitroso groups, excluding NO2 is 1. The zero-order valence-electron chi connectivity index (χ0n) is 21.7. The Labute approximate surface area is 216 Å². The van der Waals surface area contributed by atoms with E-state index in [-0.39, 0.29) is 24.4 Å². The van der Waals surface area contributed by atoms with Crippen LogP contribution in [0, 0.1) is 16.5 Å². The summed E-state index contributed by atoms with van der Waals surface area (Å²) in [6, 6.07) is 11.7. The van der Waals surface area contributed by atoms with Gasteiger partial charge in [0.25, 0.3) is 0 Å². The third-order valence-corrected chi connectivity index (χ3v) is 7.60. The van der Waals surface area contributed by atoms with Crippen LogP contribution in [0.15, 0.2) is 60.0 Å². The zero-order chi connectivity index (χ0) is 26.6. The summed E-state index contributed by atoms with van der Waals surface area (Å²) in [7, 11) is 0. The van der Waals surface area contributed by atoms with E-state index in [9.17, 15) is 18.8 Å². The molecule has 0 amide bonds. The maximum Gasteiger partial charge on any atom is 0.126 e. The van der Waals surface area contributed by atoms with E-state index in [4.69, 9.17) is 0 Å². The maximum atomic E-state index is 13.9. The van der Waals surface area contributed by atoms with Crippen LogP contribution in [0.1, 0.15) is 74.9 Å². The van der Waals surface area contributed by atoms with Crippen molar-refractivity contribution in [1.82, 2.24) is 15.3 Å². The zero-order valence-corrected chi connectivity index (χ0v) is 21.7. The summed E-state index contributed by atoms with van der Waals surface area (Å²) in [5.41, 5.74) is 2.33. The molecular weight excluding hydrogens is 474 g/mol. The van der Waals surface area contributed by atoms with Crippen molar-refractivity contribution in [2.45, 2.75) is 81.9 Å². The van der Waals surface area contributed by atoms with Crippen molar-refractivity contribution in [3.05, 3.63) is 93.9 Å². The quantitative estimate of drug-likeness (QED) is 0.314. The Morgan fingerprint density at radius 2 is 1.86 bits per heavy atom. The van der Waals surface area contributed by atoms with Crippen molar-refractivity contribution >= 4 is 0 Å². The Morgan fingerprint density at radius 1 is 1.16 bits per heavy atom. The van der Waals surface area contributed by atoms with Crippen molar-refractivity contribution in [2.75, 3.05) is 6.54 Å². The van der Waals surface area contributed by atoms with Crippen molar-refractivity contribution in [2.24, 2.45) is 5.18 Å². The van der Waals surface area contributed by atoms with E-state index < -0.39 is 29.2 Å². The smallest absolute Gasteiger partial charge is 0.126 e. The van der Waals surface area contributed by atoms with Gasteiger partial charge < -0.3 is 15.4 Å². The number of hydrogen-bond donors (Lipinski definition) is 3. The van der Waals surface area contributed by atoms with E-state index >= 15 is 0 Å². The van der Waals surface area contributed by atoms with Crippen molar-refractivity contribution in [3.8, 4) is 0 Å². The summed E-state index contributed by atoms with van der Waals surface area (Å²) in [6.45, 7) is 6.76. The predicted molar refractivity (Wildman–Crippen MR) is 140 cm³/mol. The van der Waals surface area contributed by atoms with Gasteiger partial charge in [0.1, 0.15) is 17.5 Å². The lowest BCUT2D eigenvalue weighted by atomic mass is 9.73. The van der Waals surface area contributed by atoms with Gasteiger partial charge >= 0.3 is 0 Å². The van der Waals surface area contributed by atoms with Crippen LogP contribution in [0.25, 0.3) is 0 Å². The molecule has 8 heteroatoms. The van der Waals surface area contributed by atoms with Crippen LogP contribution in [0.3, 0.4) is 0 Å². The van der Waals surface area contributed by atoms with Crippen LogP contribution in [-0.4, -0.2) is 33.8 Å². The summed E-state index contributed by atoms with van der Waals surface area (Å²) in [4.78, 5) is 18.6. The molecule has 1 saturated carbocycles. The molecule has 3 aromatic rings. The molecule has 37 heavy (non-hydrogen) atoms. The molecule has 1 fully saturated rings. The average molecular weight is 511 g/mol. The molecule has 0 bridgehead atoms. The second-order valence-electron chi connectivity index (χ2n) is 11.3. The van der Waals surface area contributed by atoms with Gasteiger partial charge in [-0.3, -0.25) is 0 Å². The molecule has 1 aliphatic carbocycles. The summed E-state index contributed by atoms with van der Waals surface area (Å²) in [5.74, 6) is -1.26. The number of hydrogen-bond acceptors (Lipinski definition) is 5. The summed E-state index contributed by atoms with van der Waals surface area (Å²) in [5, 5.41) is 18.3. The summed E-state index contributed by atoms with van der Waals surface area (Å²) < 4.78 is 27.7. The van der Waals surface area contributed by atoms with Crippen LogP contribution in [0.4, 0.5) is 8.78 Å². The van der Waals surface area contributed by atoms with E-state index in [1.807, 2.05) is 0 Å². The van der Waals surface area contributed by atoms with Gasteiger partial charge in [-0.15, -0.1) is 0 Å². The lowest BCUT2D eigenvalue weighted by molar-refractivity contribution is 0.111. The molecule has 2 atom stereocenters. The lowest BCUT2D eigenvalue weighted by Crippen LogP contribution is -2.49. The lowest BCUT2D eigenvalue weighted by Gasteiger charge is -2.41. The SMILES string of the molecule is CC(C)(C)c1cccc(C2(NCC(O)C(Cc3cc(F)cc(F)c3)c3ncc[nH]3)CCC(N=O)CC2)c1. The molecule has 0 radical (unpaired) electrons. The molecular formula is C29H36F2N4O2. The molecule has 2 unspecified atom stereocenters. The van der Waals surface area contributed by atoms with Gasteiger partial charge in [0, 0.05) is 36.5 Å². The first-order chi connectivity index (χ1) is 17.6. The first-order valence-corrected chi connectivity index (χ1v) is 12.9. The molecule has 0 saturated heterocycles. The Bertz CT molecular complexity index is 1160. The molecule has 0 spiro atoms. The van der Waals surface area contributed by atoms with Gasteiger partial charge in [-0.1, -0.05) is 50.2 Å². The van der Waals surface area contributed by atoms with Gasteiger partial charge in [-0.25, -0.2) is 13.8 Å². The number of benzene rings is 2. The third kappa shape index (κ3) is 6.48. The minimum atomic E-state index is -0.887. The standard InChI is InChI=1S/C29H36F2N4O2/c1-28(2,3)20-5-4-6-21(16-20)29(9-7-24(35-37)8-10-29)34-18-26(36)25(27-32-11-12-33-27)15-19-13-22(30)17-23(31)14-19/h4-6,11-14,16-17,24-26,34,36H,7-10,15,18H2,1-3H3,(H,32,33). The van der Waals surface area contributed by atoms with Gasteiger partial charge in [0.05, 0.1) is 12.1 Å². The van der Waals surface area contributed by atoms with Gasteiger partial charge in [0.15, 0.2) is 0 Å². The second kappa shape index (κ2) is 11.2. The molecule has 198 valence electrons. The maximum absolute atomic E-state index is 13.9. The molecule has 1 aliphatic rings. The van der Waals surface area contributed by atoms with Crippen LogP contribution in [0.2, 0.25) is 0 Å². The van der Waals surface area contributed by atoms with Crippen molar-refractivity contribution < 1.29 is 13.9 Å². The normalized spacial score (nSPS) is 21.9. The van der Waals surface area contributed by atoms with Crippen LogP contribution in [-0.2, 0) is 17.4 Å². The number of rotatable bonds is 9. The van der Waals surface area contributed by atoms with Crippen molar-refractivity contribution in [3.63, 3.8) is 0 Å². The highest BCUT2D eigenvalue weighted by molar-refractivity contribution is 5.34. The van der Waals surface area contributed by atoms with Gasteiger partial charge in [0.2, 0.25) is 0 Å². The Balaban J connectivity index is 1.59. The van der Waals surface area contributed by atoms with E-state index in [0.29, 0.717) is 37.1 Å². The fraction of sp³-hybridized carbons (Fsp3) is 0.483. The van der Waals surface area contributed by atoms with E-state index in [1.165, 1.54) is 17.7 Å². The molecule has 1 heterocycles. The fourth-order valence-electron chi connectivity index (χ4n) is 5.37. The van der Waals surface area contributed by atoms with E-state index in [1.54, 1.807) is 12.4 Å². The van der Waals surface area contributed by atoms with E-state index in [2.05, 4.69) is 65.5 Å². The highest BCUT2D eigenvalue weighted by Gasteiger charge is 2.38. The van der Waals surface area contributed by atoms with Crippen molar-refractivity contribution in [1.29, 1.82) is 0 Å². The highest BCUT2D eigenvalue weighted by Crippen LogP contribution is 2.40. The Morgan fingerprint density at radius 3 is 2.46 bits per heavy atom. The fourth-order valence-corrected chi connectivity index (χ4v) is 5.37. The predicted octanol–water partition coefficient (Wildman–Crippen LogP) is 5.87. The minimum Gasteiger partial charge on any atom is -0.391 e. The minimum absolute atomic E-state index is 0.0249. The first-order valence-electron chi connectivity index (χ1n) is 12.9. The summed E-state index contributed by atoms with van der Waals surface area (Å²) >= 11 is 0. The molecule has 0 aliphatic heterocycles. The molecule has 4 rings (SSSR count). The van der Waals surface area contributed by atoms with Gasteiger partial charge in [-0.05, 0) is 66.3 Å². The summed E-state index contributed by atoms with van der Waals surface area (Å²) in [6.07, 6.45) is 5.35. The topological polar surface area (TPSA) is 90.4 Å². The second-order valence-corrected chi connectivity index (χ2v) is 11.3. The number of aromatic nitrogens is 2. The van der Waals surface area contributed by atoms with Crippen LogP contribution >= 0.6 is 0 Å². The largest absolute Gasteiger partial charge is 0.391 e. The Hall–Kier alpha value is -2.97. The van der Waals surface area contributed by atoms with E-state index in [0.717, 1.165) is 11.6 Å². The molecule has 2 aromatic carbocycles. The number of nitrogens with zero attached hydrogens (tertiary/aromatic N) is 2. The number of imidazole rings is 1. The van der Waals surface area contributed by atoms with Crippen LogP contribution < -0.4 is 5.32 Å². The number of aliphatic hydroxyl groups is 1. The first kappa shape index (κ1) is 27.1. The number of nitrogens with one attached hydrogen (secondary N) is 2. The number of H-pyrrole nitrogens is 1. The monoisotopic (exact) mass is 510 g/mol. The Kier molecular flexibility index (Phi) is 8.19. The van der Waals surface area contributed by atoms with Gasteiger partial charge in [-0.2, -0.15) is 4.91 Å². The third-order valence-electron chi connectivity index (χ3n) is 7.60. The highest BCUT2D eigenvalue weighted by atomic mass is 19.1. The van der Waals surface area contributed by atoms with Crippen LogP contribution in [0.5, 0.6) is 0 Å². The molecule has 3 N–H and O–H groups in total. The average Bonchev–Trinajstić information content (AvgIpc) is 3.40. The molecule has 1 aromatic heterocycles. The number of aromatic amines is 1. The number of aliphatic hydroxyl groups excluding tert-OH is 1.